The van der Waals surface area contributed by atoms with Crippen molar-refractivity contribution in [2.45, 2.75) is 44.9 Å². The lowest BCUT2D eigenvalue weighted by Gasteiger charge is -2.44. The zero-order valence-electron chi connectivity index (χ0n) is 16.5. The van der Waals surface area contributed by atoms with Crippen LogP contribution in [0.25, 0.3) is 11.3 Å². The number of piperidine rings is 1. The van der Waals surface area contributed by atoms with Gasteiger partial charge in [-0.1, -0.05) is 18.2 Å². The molecule has 5 nitrogen and oxygen atoms in total. The summed E-state index contributed by atoms with van der Waals surface area (Å²) in [6, 6.07) is 12.9. The highest BCUT2D eigenvalue weighted by molar-refractivity contribution is 5.73. The number of benzene rings is 1. The van der Waals surface area contributed by atoms with Crippen molar-refractivity contribution in [2.24, 2.45) is 0 Å². The van der Waals surface area contributed by atoms with Crippen LogP contribution in [-0.4, -0.2) is 32.8 Å². The lowest BCUT2D eigenvalue weighted by Crippen LogP contribution is -2.47. The maximum atomic E-state index is 6.69. The van der Waals surface area contributed by atoms with Crippen LogP contribution < -0.4 is 4.74 Å². The molecule has 2 aliphatic rings. The Bertz CT molecular complexity index is 971. The fraction of sp³-hybridized carbons (Fsp3) is 0.391. The number of fused-ring (bicyclic) bond motifs is 4. The molecule has 1 fully saturated rings. The molecule has 0 saturated carbocycles. The Morgan fingerprint density at radius 1 is 1.07 bits per heavy atom. The van der Waals surface area contributed by atoms with Gasteiger partial charge in [-0.05, 0) is 37.6 Å². The smallest absolute Gasteiger partial charge is 0.140 e. The molecule has 5 heteroatoms. The molecule has 3 aromatic rings. The van der Waals surface area contributed by atoms with E-state index in [0.29, 0.717) is 6.04 Å². The Morgan fingerprint density at radius 3 is 2.64 bits per heavy atom. The van der Waals surface area contributed by atoms with Gasteiger partial charge in [0.15, 0.2) is 0 Å². The number of likely N-dealkylation sites (tertiary alicyclic amines) is 1. The van der Waals surface area contributed by atoms with Crippen LogP contribution in [0.1, 0.15) is 43.9 Å². The van der Waals surface area contributed by atoms with E-state index in [9.17, 15) is 0 Å². The number of ether oxygens (including phenoxy) is 1. The summed E-state index contributed by atoms with van der Waals surface area (Å²) in [7, 11) is 0. The van der Waals surface area contributed by atoms with Crippen molar-refractivity contribution in [3.8, 4) is 17.0 Å². The van der Waals surface area contributed by atoms with Crippen molar-refractivity contribution in [2.75, 3.05) is 13.1 Å². The maximum Gasteiger partial charge on any atom is 0.140 e. The lowest BCUT2D eigenvalue weighted by molar-refractivity contribution is -0.00699. The van der Waals surface area contributed by atoms with Crippen LogP contribution in [0.3, 0.4) is 0 Å². The Labute approximate surface area is 166 Å². The van der Waals surface area contributed by atoms with E-state index >= 15 is 0 Å². The summed E-state index contributed by atoms with van der Waals surface area (Å²) in [6.45, 7) is 7.33. The average molecular weight is 374 g/mol. The molecule has 0 N–H and O–H groups in total. The Hall–Kier alpha value is -2.66. The van der Waals surface area contributed by atoms with Gasteiger partial charge in [0.05, 0.1) is 11.9 Å². The third-order valence-electron chi connectivity index (χ3n) is 6.02. The Morgan fingerprint density at radius 2 is 1.89 bits per heavy atom. The Balaban J connectivity index is 1.46. The first-order chi connectivity index (χ1) is 13.7. The summed E-state index contributed by atoms with van der Waals surface area (Å²) in [5.41, 5.74) is 4.63. The molecular formula is C23H26N4O. The zero-order valence-corrected chi connectivity index (χ0v) is 16.5. The number of hydrogen-bond donors (Lipinski definition) is 0. The van der Waals surface area contributed by atoms with Gasteiger partial charge in [-0.2, -0.15) is 5.10 Å². The van der Waals surface area contributed by atoms with Gasteiger partial charge in [0.25, 0.3) is 0 Å². The van der Waals surface area contributed by atoms with Crippen LogP contribution in [0.4, 0.5) is 0 Å². The number of para-hydroxylation sites is 1. The van der Waals surface area contributed by atoms with Crippen LogP contribution in [0.15, 0.2) is 55.0 Å². The number of aromatic nitrogens is 3. The normalized spacial score (nSPS) is 18.0. The van der Waals surface area contributed by atoms with Crippen molar-refractivity contribution in [1.82, 2.24) is 19.7 Å². The summed E-state index contributed by atoms with van der Waals surface area (Å²) < 4.78 is 8.84. The third-order valence-corrected chi connectivity index (χ3v) is 6.02. The average Bonchev–Trinajstić information content (AvgIpc) is 3.18. The molecule has 144 valence electrons. The van der Waals surface area contributed by atoms with Crippen LogP contribution in [0, 0.1) is 0 Å². The minimum atomic E-state index is -0.276. The van der Waals surface area contributed by atoms with Crippen molar-refractivity contribution >= 4 is 0 Å². The highest BCUT2D eigenvalue weighted by atomic mass is 16.5. The fourth-order valence-corrected chi connectivity index (χ4v) is 4.57. The molecule has 0 atom stereocenters. The lowest BCUT2D eigenvalue weighted by atomic mass is 9.81. The highest BCUT2D eigenvalue weighted by Crippen LogP contribution is 2.50. The van der Waals surface area contributed by atoms with Gasteiger partial charge in [-0.3, -0.25) is 14.6 Å². The molecule has 4 heterocycles. The minimum absolute atomic E-state index is 0.276. The number of pyridine rings is 1. The van der Waals surface area contributed by atoms with E-state index in [0.717, 1.165) is 43.8 Å². The monoisotopic (exact) mass is 374 g/mol. The van der Waals surface area contributed by atoms with Gasteiger partial charge in [0, 0.05) is 62.0 Å². The summed E-state index contributed by atoms with van der Waals surface area (Å²) in [5, 5.41) is 4.75. The summed E-state index contributed by atoms with van der Waals surface area (Å²) in [6.07, 6.45) is 7.78. The van der Waals surface area contributed by atoms with Crippen LogP contribution in [0.2, 0.25) is 0 Å². The molecule has 5 rings (SSSR count). The van der Waals surface area contributed by atoms with Crippen LogP contribution in [-0.2, 0) is 12.1 Å². The largest absolute Gasteiger partial charge is 0.482 e. The number of nitrogens with zero attached hydrogens (tertiary/aromatic N) is 4. The van der Waals surface area contributed by atoms with E-state index in [1.165, 1.54) is 16.8 Å². The second-order valence-electron chi connectivity index (χ2n) is 8.18. The van der Waals surface area contributed by atoms with Gasteiger partial charge >= 0.3 is 0 Å². The molecule has 1 aromatic carbocycles. The fourth-order valence-electron chi connectivity index (χ4n) is 4.57. The van der Waals surface area contributed by atoms with Gasteiger partial charge in [0.1, 0.15) is 11.4 Å². The molecule has 28 heavy (non-hydrogen) atoms. The molecule has 0 radical (unpaired) electrons. The summed E-state index contributed by atoms with van der Waals surface area (Å²) in [5.74, 6) is 0.984. The first kappa shape index (κ1) is 17.4. The minimum Gasteiger partial charge on any atom is -0.482 e. The molecule has 1 spiro atoms. The summed E-state index contributed by atoms with van der Waals surface area (Å²) >= 11 is 0. The van der Waals surface area contributed by atoms with Crippen molar-refractivity contribution in [3.63, 3.8) is 0 Å². The van der Waals surface area contributed by atoms with E-state index in [1.54, 1.807) is 0 Å². The molecule has 0 amide bonds. The second kappa shape index (κ2) is 6.74. The van der Waals surface area contributed by atoms with Gasteiger partial charge in [-0.15, -0.1) is 0 Å². The number of rotatable bonds is 3. The van der Waals surface area contributed by atoms with E-state index in [1.807, 2.05) is 24.7 Å². The summed E-state index contributed by atoms with van der Waals surface area (Å²) in [4.78, 5) is 6.74. The van der Waals surface area contributed by atoms with E-state index in [2.05, 4.69) is 58.7 Å². The van der Waals surface area contributed by atoms with E-state index in [4.69, 9.17) is 9.84 Å². The van der Waals surface area contributed by atoms with Crippen LogP contribution in [0.5, 0.6) is 5.75 Å². The maximum absolute atomic E-state index is 6.69. The van der Waals surface area contributed by atoms with Crippen molar-refractivity contribution in [1.29, 1.82) is 0 Å². The molecule has 0 aliphatic carbocycles. The predicted octanol–water partition coefficient (Wildman–Crippen LogP) is 4.41. The highest BCUT2D eigenvalue weighted by Gasteiger charge is 2.45. The molecule has 2 aromatic heterocycles. The van der Waals surface area contributed by atoms with Crippen molar-refractivity contribution in [3.05, 3.63) is 66.1 Å². The molecular weight excluding hydrogens is 348 g/mol. The Kier molecular flexibility index (Phi) is 4.20. The van der Waals surface area contributed by atoms with Gasteiger partial charge in [-0.25, -0.2) is 0 Å². The first-order valence-electron chi connectivity index (χ1n) is 10.1. The molecule has 0 unspecified atom stereocenters. The van der Waals surface area contributed by atoms with E-state index < -0.39 is 0 Å². The molecule has 1 saturated heterocycles. The first-order valence-corrected chi connectivity index (χ1v) is 10.1. The second-order valence-corrected chi connectivity index (χ2v) is 8.18. The van der Waals surface area contributed by atoms with Gasteiger partial charge < -0.3 is 4.74 Å². The van der Waals surface area contributed by atoms with E-state index in [-0.39, 0.29) is 5.60 Å². The predicted molar refractivity (Wildman–Crippen MR) is 109 cm³/mol. The third kappa shape index (κ3) is 2.81. The molecule has 0 bridgehead atoms. The van der Waals surface area contributed by atoms with Crippen LogP contribution >= 0.6 is 0 Å². The molecule has 2 aliphatic heterocycles. The number of hydrogen-bond acceptors (Lipinski definition) is 4. The van der Waals surface area contributed by atoms with Crippen molar-refractivity contribution < 1.29 is 4.74 Å². The van der Waals surface area contributed by atoms with Gasteiger partial charge in [0.2, 0.25) is 0 Å². The quantitative estimate of drug-likeness (QED) is 0.681. The SMILES string of the molecule is CC(C)n1ncc2c1-c1ccccc1OC21CCN(Cc2cccnc2)CC1. The zero-order chi connectivity index (χ0) is 19.1. The topological polar surface area (TPSA) is 43.2 Å². The standard InChI is InChI=1S/C23H26N4O/c1-17(2)27-22-19-7-3-4-8-21(19)28-23(20(22)15-25-27)9-12-26(13-10-23)16-18-6-5-11-24-14-18/h3-8,11,14-15,17H,9-10,12-13,16H2,1-2H3.